The van der Waals surface area contributed by atoms with Gasteiger partial charge in [-0.2, -0.15) is 0 Å². The Labute approximate surface area is 223 Å². The molecule has 3 fully saturated rings. The van der Waals surface area contributed by atoms with Crippen LogP contribution in [0.2, 0.25) is 0 Å². The molecule has 8 rings (SSSR count). The highest BCUT2D eigenvalue weighted by molar-refractivity contribution is 5.98. The molecule has 3 aliphatic rings. The van der Waals surface area contributed by atoms with Gasteiger partial charge in [-0.1, -0.05) is 36.4 Å². The van der Waals surface area contributed by atoms with Crippen LogP contribution >= 0.6 is 0 Å². The first-order chi connectivity index (χ1) is 19.0. The van der Waals surface area contributed by atoms with Gasteiger partial charge in [0.2, 0.25) is 0 Å². The van der Waals surface area contributed by atoms with E-state index in [4.69, 9.17) is 9.97 Å². The Bertz CT molecular complexity index is 1730. The molecule has 0 radical (unpaired) electrons. The van der Waals surface area contributed by atoms with Crippen molar-refractivity contribution in [2.24, 2.45) is 17.8 Å². The first-order valence-electron chi connectivity index (χ1n) is 13.3. The van der Waals surface area contributed by atoms with Crippen molar-refractivity contribution in [3.05, 3.63) is 78.5 Å². The van der Waals surface area contributed by atoms with Crippen molar-refractivity contribution in [2.75, 3.05) is 5.32 Å². The van der Waals surface area contributed by atoms with Gasteiger partial charge in [0, 0.05) is 34.6 Å². The van der Waals surface area contributed by atoms with Gasteiger partial charge in [-0.05, 0) is 66.8 Å². The Morgan fingerprint density at radius 3 is 2.44 bits per heavy atom. The highest BCUT2D eigenvalue weighted by Gasteiger charge is 2.47. The van der Waals surface area contributed by atoms with Crippen LogP contribution in [-0.2, 0) is 4.79 Å². The highest BCUT2D eigenvalue weighted by atomic mass is 19.1. The van der Waals surface area contributed by atoms with Crippen LogP contribution in [0.4, 0.5) is 14.6 Å². The van der Waals surface area contributed by atoms with Crippen LogP contribution in [0.5, 0.6) is 0 Å². The maximum absolute atomic E-state index is 14.5. The zero-order valence-corrected chi connectivity index (χ0v) is 21.0. The number of carboxylic acid groups (broad SMARTS) is 1. The number of nitrogens with one attached hydrogen (secondary N) is 2. The maximum atomic E-state index is 14.5. The van der Waals surface area contributed by atoms with E-state index in [-0.39, 0.29) is 23.4 Å². The fourth-order valence-electron chi connectivity index (χ4n) is 6.68. The predicted molar refractivity (Wildman–Crippen MR) is 146 cm³/mol. The molecule has 3 N–H and O–H groups in total. The summed E-state index contributed by atoms with van der Waals surface area (Å²) in [6.07, 6.45) is 5.43. The molecule has 3 aromatic carbocycles. The molecule has 196 valence electrons. The Morgan fingerprint density at radius 1 is 0.897 bits per heavy atom. The summed E-state index contributed by atoms with van der Waals surface area (Å²) in [4.78, 5) is 24.9. The number of benzene rings is 3. The fourth-order valence-corrected chi connectivity index (χ4v) is 6.68. The van der Waals surface area contributed by atoms with Gasteiger partial charge in [-0.25, -0.2) is 18.7 Å². The molecule has 2 atom stereocenters. The van der Waals surface area contributed by atoms with Crippen LogP contribution in [0.25, 0.3) is 44.3 Å². The van der Waals surface area contributed by atoms with Crippen molar-refractivity contribution in [3.63, 3.8) is 0 Å². The standard InChI is InChI=1S/C31H26F2N4O2/c32-20-13-22-23(15-34-28(22)24(33)14-20)30-35-25-12-19(16-4-2-1-3-5-16)10-11-21(25)29(37-30)36-27-18-8-6-17(7-9-18)26(27)31(38)39/h1-5,10-15,17-18,26-27,34H,6-9H2,(H,38,39)(H,35,36,37). The van der Waals surface area contributed by atoms with Crippen molar-refractivity contribution < 1.29 is 18.7 Å². The molecular formula is C31H26F2N4O2. The smallest absolute Gasteiger partial charge is 0.308 e. The summed E-state index contributed by atoms with van der Waals surface area (Å²) >= 11 is 0. The van der Waals surface area contributed by atoms with E-state index < -0.39 is 23.5 Å². The van der Waals surface area contributed by atoms with Crippen molar-refractivity contribution in [1.82, 2.24) is 15.0 Å². The predicted octanol–water partition coefficient (Wildman–Crippen LogP) is 7.02. The van der Waals surface area contributed by atoms with E-state index in [1.54, 1.807) is 6.20 Å². The zero-order valence-electron chi connectivity index (χ0n) is 21.0. The lowest BCUT2D eigenvalue weighted by Crippen LogP contribution is -2.51. The normalized spacial score (nSPS) is 22.4. The number of hydrogen-bond acceptors (Lipinski definition) is 4. The molecule has 2 aromatic heterocycles. The van der Waals surface area contributed by atoms with Gasteiger partial charge in [0.15, 0.2) is 5.82 Å². The minimum absolute atomic E-state index is 0.141. The number of aliphatic carboxylic acids is 1. The molecule has 0 amide bonds. The summed E-state index contributed by atoms with van der Waals surface area (Å²) in [5, 5.41) is 14.8. The molecule has 39 heavy (non-hydrogen) atoms. The van der Waals surface area contributed by atoms with Crippen molar-refractivity contribution in [3.8, 4) is 22.5 Å². The Hall–Kier alpha value is -4.33. The number of nitrogens with zero attached hydrogens (tertiary/aromatic N) is 2. The minimum atomic E-state index is -0.783. The minimum Gasteiger partial charge on any atom is -0.481 e. The molecule has 0 spiro atoms. The maximum Gasteiger partial charge on any atom is 0.308 e. The van der Waals surface area contributed by atoms with E-state index in [0.717, 1.165) is 48.3 Å². The third kappa shape index (κ3) is 4.02. The summed E-state index contributed by atoms with van der Waals surface area (Å²) in [7, 11) is 0. The van der Waals surface area contributed by atoms with Crippen LogP contribution < -0.4 is 5.32 Å². The summed E-state index contributed by atoms with van der Waals surface area (Å²) in [5.74, 6) is -1.44. The van der Waals surface area contributed by atoms with Crippen molar-refractivity contribution in [1.29, 1.82) is 0 Å². The average molecular weight is 525 g/mol. The molecule has 2 bridgehead atoms. The molecule has 0 aliphatic heterocycles. The van der Waals surface area contributed by atoms with Crippen LogP contribution in [-0.4, -0.2) is 32.1 Å². The molecule has 3 aliphatic carbocycles. The summed E-state index contributed by atoms with van der Waals surface area (Å²) < 4.78 is 28.7. The Balaban J connectivity index is 1.41. The number of carbonyl (C=O) groups is 1. The second-order valence-electron chi connectivity index (χ2n) is 10.7. The Morgan fingerprint density at radius 2 is 1.67 bits per heavy atom. The van der Waals surface area contributed by atoms with E-state index in [1.165, 1.54) is 6.07 Å². The van der Waals surface area contributed by atoms with Crippen LogP contribution in [0.1, 0.15) is 25.7 Å². The zero-order chi connectivity index (χ0) is 26.7. The largest absolute Gasteiger partial charge is 0.481 e. The van der Waals surface area contributed by atoms with Crippen LogP contribution in [0, 0.1) is 29.4 Å². The van der Waals surface area contributed by atoms with E-state index >= 15 is 0 Å². The molecule has 5 aromatic rings. The van der Waals surface area contributed by atoms with Gasteiger partial charge >= 0.3 is 5.97 Å². The van der Waals surface area contributed by atoms with E-state index in [9.17, 15) is 18.7 Å². The second kappa shape index (κ2) is 9.15. The monoisotopic (exact) mass is 524 g/mol. The first kappa shape index (κ1) is 23.8. The lowest BCUT2D eigenvalue weighted by Gasteiger charge is -2.47. The third-order valence-corrected chi connectivity index (χ3v) is 8.56. The lowest BCUT2D eigenvalue weighted by atomic mass is 9.61. The number of aromatic amines is 1. The quantitative estimate of drug-likeness (QED) is 0.230. The average Bonchev–Trinajstić information content (AvgIpc) is 3.38. The lowest BCUT2D eigenvalue weighted by molar-refractivity contribution is -0.148. The molecule has 2 unspecified atom stereocenters. The number of rotatable bonds is 5. The molecule has 2 heterocycles. The van der Waals surface area contributed by atoms with Crippen molar-refractivity contribution >= 4 is 33.6 Å². The van der Waals surface area contributed by atoms with Gasteiger partial charge in [-0.3, -0.25) is 4.79 Å². The fraction of sp³-hybridized carbons (Fsp3) is 0.258. The van der Waals surface area contributed by atoms with Gasteiger partial charge in [0.25, 0.3) is 0 Å². The Kier molecular flexibility index (Phi) is 5.58. The van der Waals surface area contributed by atoms with Gasteiger partial charge in [0.1, 0.15) is 17.5 Å². The number of halogens is 2. The number of H-pyrrole nitrogens is 1. The molecule has 0 saturated heterocycles. The third-order valence-electron chi connectivity index (χ3n) is 8.56. The van der Waals surface area contributed by atoms with Gasteiger partial charge < -0.3 is 15.4 Å². The van der Waals surface area contributed by atoms with Crippen LogP contribution in [0.15, 0.2) is 66.9 Å². The number of fused-ring (bicyclic) bond motifs is 5. The molecule has 3 saturated carbocycles. The highest BCUT2D eigenvalue weighted by Crippen LogP contribution is 2.47. The first-order valence-corrected chi connectivity index (χ1v) is 13.3. The van der Waals surface area contributed by atoms with Gasteiger partial charge in [0.05, 0.1) is 17.0 Å². The summed E-state index contributed by atoms with van der Waals surface area (Å²) in [6, 6.07) is 17.7. The topological polar surface area (TPSA) is 90.9 Å². The van der Waals surface area contributed by atoms with E-state index in [0.29, 0.717) is 28.1 Å². The van der Waals surface area contributed by atoms with E-state index in [2.05, 4.69) is 10.3 Å². The molecule has 6 nitrogen and oxygen atoms in total. The van der Waals surface area contributed by atoms with E-state index in [1.807, 2.05) is 48.5 Å². The number of aromatic nitrogens is 3. The van der Waals surface area contributed by atoms with Crippen LogP contribution in [0.3, 0.4) is 0 Å². The number of carboxylic acids is 1. The summed E-state index contributed by atoms with van der Waals surface area (Å²) in [5.41, 5.74) is 3.30. The molecule has 8 heteroatoms. The second-order valence-corrected chi connectivity index (χ2v) is 10.7. The van der Waals surface area contributed by atoms with Crippen molar-refractivity contribution in [2.45, 2.75) is 31.7 Å². The molecular weight excluding hydrogens is 498 g/mol. The number of hydrogen-bond donors (Lipinski definition) is 3. The summed E-state index contributed by atoms with van der Waals surface area (Å²) in [6.45, 7) is 0. The van der Waals surface area contributed by atoms with Gasteiger partial charge in [-0.15, -0.1) is 0 Å². The SMILES string of the molecule is O=C(O)C1C2CCC(CC2)C1Nc1nc(-c2c[nH]c3c(F)cc(F)cc23)nc2cc(-c3ccccc3)ccc12. The number of anilines is 1.